The highest BCUT2D eigenvalue weighted by atomic mass is 16.5. The number of carbonyl (C=O) groups excluding carboxylic acids is 1. The summed E-state index contributed by atoms with van der Waals surface area (Å²) in [6.07, 6.45) is 3.88. The summed E-state index contributed by atoms with van der Waals surface area (Å²) in [6, 6.07) is 10.9. The number of quaternary nitrogens is 1. The molecule has 2 aromatic carbocycles. The van der Waals surface area contributed by atoms with E-state index in [4.69, 9.17) is 4.74 Å². The largest absolute Gasteiger partial charge is 0.872 e. The molecule has 4 nitrogen and oxygen atoms in total. The lowest BCUT2D eigenvalue weighted by Crippen LogP contribution is -3.10. The Balaban J connectivity index is 1.95. The van der Waals surface area contributed by atoms with Crippen LogP contribution < -0.4 is 14.7 Å². The van der Waals surface area contributed by atoms with Crippen LogP contribution in [0.25, 0.3) is 6.08 Å². The summed E-state index contributed by atoms with van der Waals surface area (Å²) < 4.78 is 5.95. The van der Waals surface area contributed by atoms with Gasteiger partial charge in [0.1, 0.15) is 12.3 Å². The van der Waals surface area contributed by atoms with E-state index in [-0.39, 0.29) is 11.5 Å². The fraction of sp³-hybridized carbons (Fsp3) is 0.348. The van der Waals surface area contributed by atoms with Gasteiger partial charge >= 0.3 is 0 Å². The third-order valence-electron chi connectivity index (χ3n) is 5.01. The Kier molecular flexibility index (Phi) is 5.97. The second-order valence-electron chi connectivity index (χ2n) is 7.14. The van der Waals surface area contributed by atoms with E-state index < -0.39 is 0 Å². The van der Waals surface area contributed by atoms with Gasteiger partial charge < -0.3 is 14.7 Å². The quantitative estimate of drug-likeness (QED) is 0.768. The molecule has 0 bridgehead atoms. The number of Topliss-reactive ketones (excluding diaryl/α,β-unsaturated/α-hetero) is 1. The normalized spacial score (nSPS) is 14.7. The first kappa shape index (κ1) is 19.2. The molecule has 142 valence electrons. The first-order chi connectivity index (χ1) is 13.0. The first-order valence-corrected chi connectivity index (χ1v) is 9.71. The highest BCUT2D eigenvalue weighted by molar-refractivity contribution is 6.15. The maximum Gasteiger partial charge on any atom is 0.231 e. The van der Waals surface area contributed by atoms with Crippen LogP contribution in [-0.2, 0) is 6.54 Å². The lowest BCUT2D eigenvalue weighted by molar-refractivity contribution is -0.914. The molecular weight excluding hydrogens is 338 g/mol. The van der Waals surface area contributed by atoms with Crippen molar-refractivity contribution in [1.82, 2.24) is 0 Å². The molecule has 1 aliphatic rings. The molecule has 1 aliphatic heterocycles. The zero-order valence-electron chi connectivity index (χ0n) is 16.3. The summed E-state index contributed by atoms with van der Waals surface area (Å²) in [5.74, 6) is 0.543. The van der Waals surface area contributed by atoms with Crippen LogP contribution in [0.5, 0.6) is 11.5 Å². The first-order valence-electron chi connectivity index (χ1n) is 9.71. The van der Waals surface area contributed by atoms with Gasteiger partial charge in [-0.05, 0) is 43.0 Å². The molecule has 2 aromatic rings. The van der Waals surface area contributed by atoms with Crippen molar-refractivity contribution in [3.63, 3.8) is 0 Å². The van der Waals surface area contributed by atoms with Gasteiger partial charge in [0.25, 0.3) is 0 Å². The number of hydrogen-bond acceptors (Lipinski definition) is 3. The van der Waals surface area contributed by atoms with Crippen LogP contribution in [0.3, 0.4) is 0 Å². The molecule has 1 heterocycles. The van der Waals surface area contributed by atoms with E-state index in [1.54, 1.807) is 12.1 Å². The van der Waals surface area contributed by atoms with E-state index in [1.165, 1.54) is 11.0 Å². The Labute approximate surface area is 161 Å². The van der Waals surface area contributed by atoms with Crippen LogP contribution in [0.15, 0.2) is 42.2 Å². The Morgan fingerprint density at radius 3 is 2.44 bits per heavy atom. The van der Waals surface area contributed by atoms with Crippen molar-refractivity contribution >= 4 is 11.9 Å². The molecule has 0 radical (unpaired) electrons. The van der Waals surface area contributed by atoms with Crippen LogP contribution in [0.1, 0.15) is 53.7 Å². The molecule has 0 amide bonds. The summed E-state index contributed by atoms with van der Waals surface area (Å²) in [4.78, 5) is 14.2. The molecule has 1 N–H and O–H groups in total. The standard InChI is InChI=1S/C23H27NO3/c1-4-12-24(13-5-2)15-19-20(25)11-10-18-22(26)21(27-23(18)19)14-17-9-7-6-8-16(17)3/h6-11,14,25H,4-5,12-13,15H2,1-3H3. The molecule has 3 rings (SSSR count). The van der Waals surface area contributed by atoms with E-state index in [2.05, 4.69) is 13.8 Å². The van der Waals surface area contributed by atoms with Crippen LogP contribution in [0, 0.1) is 6.92 Å². The number of ketones is 1. The highest BCUT2D eigenvalue weighted by Gasteiger charge is 2.31. The molecule has 0 aromatic heterocycles. The topological polar surface area (TPSA) is 53.8 Å². The van der Waals surface area contributed by atoms with Crippen molar-refractivity contribution in [1.29, 1.82) is 0 Å². The smallest absolute Gasteiger partial charge is 0.231 e. The molecule has 0 fully saturated rings. The van der Waals surface area contributed by atoms with Crippen molar-refractivity contribution < 1.29 is 19.5 Å². The number of allylic oxidation sites excluding steroid dienone is 1. The summed E-state index contributed by atoms with van der Waals surface area (Å²) in [5, 5.41) is 12.5. The number of hydrogen-bond donors (Lipinski definition) is 1. The molecule has 0 atom stereocenters. The van der Waals surface area contributed by atoms with Crippen LogP contribution in [-0.4, -0.2) is 18.9 Å². The number of benzene rings is 2. The number of nitrogens with one attached hydrogen (secondary N) is 1. The van der Waals surface area contributed by atoms with Crippen LogP contribution in [0.4, 0.5) is 0 Å². The summed E-state index contributed by atoms with van der Waals surface area (Å²) in [6.45, 7) is 8.87. The number of ether oxygens (including phenoxy) is 1. The Hall–Kier alpha value is -2.59. The molecular formula is C23H27NO3. The molecule has 27 heavy (non-hydrogen) atoms. The summed E-state index contributed by atoms with van der Waals surface area (Å²) in [5.41, 5.74) is 3.13. The summed E-state index contributed by atoms with van der Waals surface area (Å²) >= 11 is 0. The second-order valence-corrected chi connectivity index (χ2v) is 7.14. The van der Waals surface area contributed by atoms with Crippen LogP contribution in [0.2, 0.25) is 0 Å². The monoisotopic (exact) mass is 365 g/mol. The van der Waals surface area contributed by atoms with Crippen molar-refractivity contribution in [3.8, 4) is 11.5 Å². The fourth-order valence-corrected chi connectivity index (χ4v) is 3.61. The van der Waals surface area contributed by atoms with Gasteiger partial charge in [0.05, 0.1) is 18.7 Å². The Morgan fingerprint density at radius 2 is 1.78 bits per heavy atom. The number of rotatable bonds is 7. The van der Waals surface area contributed by atoms with Crippen molar-refractivity contribution in [2.24, 2.45) is 0 Å². The second kappa shape index (κ2) is 8.40. The highest BCUT2D eigenvalue weighted by Crippen LogP contribution is 2.38. The molecule has 4 heteroatoms. The molecule has 0 unspecified atom stereocenters. The average molecular weight is 365 g/mol. The van der Waals surface area contributed by atoms with E-state index in [1.807, 2.05) is 31.2 Å². The van der Waals surface area contributed by atoms with Crippen molar-refractivity contribution in [2.75, 3.05) is 13.1 Å². The maximum atomic E-state index is 12.8. The minimum absolute atomic E-state index is 0.0524. The van der Waals surface area contributed by atoms with Gasteiger partial charge in [-0.1, -0.05) is 49.9 Å². The van der Waals surface area contributed by atoms with Gasteiger partial charge in [-0.3, -0.25) is 4.79 Å². The predicted molar refractivity (Wildman–Crippen MR) is 105 cm³/mol. The third-order valence-corrected chi connectivity index (χ3v) is 5.01. The molecule has 0 saturated heterocycles. The van der Waals surface area contributed by atoms with Gasteiger partial charge in [-0.15, -0.1) is 0 Å². The number of carbonyl (C=O) groups is 1. The Morgan fingerprint density at radius 1 is 1.07 bits per heavy atom. The fourth-order valence-electron chi connectivity index (χ4n) is 3.61. The van der Waals surface area contributed by atoms with Crippen LogP contribution >= 0.6 is 0 Å². The van der Waals surface area contributed by atoms with E-state index in [0.29, 0.717) is 29.2 Å². The molecule has 0 spiro atoms. The minimum atomic E-state index is -0.151. The van der Waals surface area contributed by atoms with Gasteiger partial charge in [0.2, 0.25) is 5.78 Å². The van der Waals surface area contributed by atoms with E-state index in [0.717, 1.165) is 37.1 Å². The van der Waals surface area contributed by atoms with Gasteiger partial charge in [0.15, 0.2) is 5.76 Å². The van der Waals surface area contributed by atoms with E-state index in [9.17, 15) is 9.90 Å². The summed E-state index contributed by atoms with van der Waals surface area (Å²) in [7, 11) is 0. The molecule has 0 saturated carbocycles. The number of aryl methyl sites for hydroxylation is 1. The van der Waals surface area contributed by atoms with Gasteiger partial charge in [-0.2, -0.15) is 0 Å². The number of fused-ring (bicyclic) bond motifs is 1. The third kappa shape index (κ3) is 4.06. The maximum absolute atomic E-state index is 12.8. The SMILES string of the molecule is CCC[NH+](CCC)Cc1c([O-])ccc2c1OC(=Cc1ccccc1C)C2=O. The van der Waals surface area contributed by atoms with Crippen molar-refractivity contribution in [3.05, 3.63) is 64.4 Å². The Bertz CT molecular complexity index is 864. The zero-order valence-corrected chi connectivity index (χ0v) is 16.3. The lowest BCUT2D eigenvalue weighted by atomic mass is 10.0. The molecule has 0 aliphatic carbocycles. The zero-order chi connectivity index (χ0) is 19.4. The minimum Gasteiger partial charge on any atom is -0.872 e. The average Bonchev–Trinajstić information content (AvgIpc) is 2.96. The van der Waals surface area contributed by atoms with Gasteiger partial charge in [-0.25, -0.2) is 0 Å². The predicted octanol–water partition coefficient (Wildman–Crippen LogP) is 2.89. The lowest BCUT2D eigenvalue weighted by Gasteiger charge is -2.23. The van der Waals surface area contributed by atoms with Crippen molar-refractivity contribution in [2.45, 2.75) is 40.2 Å². The van der Waals surface area contributed by atoms with Gasteiger partial charge in [0, 0.05) is 5.56 Å². The van der Waals surface area contributed by atoms with E-state index >= 15 is 0 Å².